The number of ether oxygens (including phenoxy) is 4. The third-order valence-corrected chi connectivity index (χ3v) is 4.20. The summed E-state index contributed by atoms with van der Waals surface area (Å²) in [4.78, 5) is 12.0. The number of rotatable bonds is 12. The predicted molar refractivity (Wildman–Crippen MR) is 95.6 cm³/mol. The lowest BCUT2D eigenvalue weighted by Crippen LogP contribution is -2.25. The fourth-order valence-electron chi connectivity index (χ4n) is 2.56. The van der Waals surface area contributed by atoms with Crippen molar-refractivity contribution in [3.8, 4) is 17.2 Å². The maximum absolute atomic E-state index is 12.0. The largest absolute Gasteiger partial charge is 0.493 e. The zero-order valence-corrected chi connectivity index (χ0v) is 15.4. The lowest BCUT2D eigenvalue weighted by molar-refractivity contribution is -0.121. The standard InChI is InChI=1S/C19H29NO5/c1-22-16-11-15(12-17(23-2)19(16)24-3)7-8-18(21)20-9-4-10-25-13-14-5-6-14/h11-12,14H,4-10,13H2,1-3H3,(H,20,21). The third kappa shape index (κ3) is 6.46. The molecule has 0 saturated heterocycles. The van der Waals surface area contributed by atoms with Crippen LogP contribution in [0.5, 0.6) is 17.2 Å². The Bertz CT molecular complexity index is 532. The average molecular weight is 351 g/mol. The first kappa shape index (κ1) is 19.4. The van der Waals surface area contributed by atoms with Crippen molar-refractivity contribution in [3.05, 3.63) is 17.7 Å². The Morgan fingerprint density at radius 2 is 1.80 bits per heavy atom. The van der Waals surface area contributed by atoms with Gasteiger partial charge >= 0.3 is 0 Å². The van der Waals surface area contributed by atoms with E-state index in [1.54, 1.807) is 21.3 Å². The molecule has 0 atom stereocenters. The number of amides is 1. The topological polar surface area (TPSA) is 66.0 Å². The average Bonchev–Trinajstić information content (AvgIpc) is 3.46. The van der Waals surface area contributed by atoms with Gasteiger partial charge in [-0.25, -0.2) is 0 Å². The molecule has 25 heavy (non-hydrogen) atoms. The number of methoxy groups -OCH3 is 3. The molecule has 0 spiro atoms. The Morgan fingerprint density at radius 1 is 1.12 bits per heavy atom. The molecule has 1 saturated carbocycles. The van der Waals surface area contributed by atoms with Crippen LogP contribution in [0.25, 0.3) is 0 Å². The number of nitrogens with one attached hydrogen (secondary N) is 1. The smallest absolute Gasteiger partial charge is 0.220 e. The molecular formula is C19H29NO5. The highest BCUT2D eigenvalue weighted by molar-refractivity contribution is 5.76. The van der Waals surface area contributed by atoms with Gasteiger partial charge in [-0.3, -0.25) is 4.79 Å². The Morgan fingerprint density at radius 3 is 2.36 bits per heavy atom. The van der Waals surface area contributed by atoms with Gasteiger partial charge in [-0.05, 0) is 49.3 Å². The van der Waals surface area contributed by atoms with E-state index < -0.39 is 0 Å². The molecule has 1 aliphatic rings. The van der Waals surface area contributed by atoms with Gasteiger partial charge in [0.15, 0.2) is 11.5 Å². The van der Waals surface area contributed by atoms with Gasteiger partial charge in [-0.15, -0.1) is 0 Å². The van der Waals surface area contributed by atoms with E-state index in [0.717, 1.165) is 24.5 Å². The van der Waals surface area contributed by atoms with E-state index in [4.69, 9.17) is 18.9 Å². The molecule has 140 valence electrons. The second-order valence-electron chi connectivity index (χ2n) is 6.26. The molecule has 0 radical (unpaired) electrons. The van der Waals surface area contributed by atoms with Crippen LogP contribution in [0.2, 0.25) is 0 Å². The minimum Gasteiger partial charge on any atom is -0.493 e. The molecule has 0 bridgehead atoms. The number of benzene rings is 1. The van der Waals surface area contributed by atoms with Gasteiger partial charge in [0.05, 0.1) is 21.3 Å². The van der Waals surface area contributed by atoms with Crippen molar-refractivity contribution in [1.82, 2.24) is 5.32 Å². The van der Waals surface area contributed by atoms with E-state index in [-0.39, 0.29) is 5.91 Å². The van der Waals surface area contributed by atoms with Crippen molar-refractivity contribution in [2.24, 2.45) is 5.92 Å². The summed E-state index contributed by atoms with van der Waals surface area (Å²) in [6.07, 6.45) is 4.49. The fraction of sp³-hybridized carbons (Fsp3) is 0.632. The van der Waals surface area contributed by atoms with E-state index >= 15 is 0 Å². The molecule has 1 N–H and O–H groups in total. The summed E-state index contributed by atoms with van der Waals surface area (Å²) in [7, 11) is 4.74. The number of hydrogen-bond acceptors (Lipinski definition) is 5. The van der Waals surface area contributed by atoms with Crippen LogP contribution < -0.4 is 19.5 Å². The highest BCUT2D eigenvalue weighted by atomic mass is 16.5. The van der Waals surface area contributed by atoms with Gasteiger partial charge < -0.3 is 24.3 Å². The molecule has 1 aromatic carbocycles. The van der Waals surface area contributed by atoms with Gasteiger partial charge in [-0.2, -0.15) is 0 Å². The maximum Gasteiger partial charge on any atom is 0.220 e. The van der Waals surface area contributed by atoms with Crippen LogP contribution >= 0.6 is 0 Å². The maximum atomic E-state index is 12.0. The minimum absolute atomic E-state index is 0.0379. The first-order chi connectivity index (χ1) is 12.2. The summed E-state index contributed by atoms with van der Waals surface area (Å²) >= 11 is 0. The second kappa shape index (κ2) is 10.1. The molecule has 1 amide bonds. The van der Waals surface area contributed by atoms with Crippen molar-refractivity contribution in [3.63, 3.8) is 0 Å². The molecule has 6 heteroatoms. The van der Waals surface area contributed by atoms with Crippen molar-refractivity contribution in [2.45, 2.75) is 32.1 Å². The monoisotopic (exact) mass is 351 g/mol. The number of carbonyl (C=O) groups excluding carboxylic acids is 1. The van der Waals surface area contributed by atoms with Crippen molar-refractivity contribution >= 4 is 5.91 Å². The summed E-state index contributed by atoms with van der Waals surface area (Å²) in [6.45, 7) is 2.23. The molecule has 0 heterocycles. The lowest BCUT2D eigenvalue weighted by atomic mass is 10.1. The highest BCUT2D eigenvalue weighted by Crippen LogP contribution is 2.38. The second-order valence-corrected chi connectivity index (χ2v) is 6.26. The quantitative estimate of drug-likeness (QED) is 0.586. The summed E-state index contributed by atoms with van der Waals surface area (Å²) in [5.74, 6) is 2.59. The number of hydrogen-bond donors (Lipinski definition) is 1. The molecule has 1 aliphatic carbocycles. The summed E-state index contributed by atoms with van der Waals surface area (Å²) in [6, 6.07) is 3.75. The molecule has 0 aromatic heterocycles. The molecule has 1 fully saturated rings. The Balaban J connectivity index is 1.71. The Hall–Kier alpha value is -1.95. The van der Waals surface area contributed by atoms with Gasteiger partial charge in [0.2, 0.25) is 11.7 Å². The van der Waals surface area contributed by atoms with Gasteiger partial charge in [-0.1, -0.05) is 0 Å². The first-order valence-corrected chi connectivity index (χ1v) is 8.81. The summed E-state index contributed by atoms with van der Waals surface area (Å²) < 4.78 is 21.5. The summed E-state index contributed by atoms with van der Waals surface area (Å²) in [5, 5.41) is 2.93. The lowest BCUT2D eigenvalue weighted by Gasteiger charge is -2.14. The third-order valence-electron chi connectivity index (χ3n) is 4.20. The van der Waals surface area contributed by atoms with E-state index in [1.165, 1.54) is 12.8 Å². The van der Waals surface area contributed by atoms with Gasteiger partial charge in [0, 0.05) is 26.2 Å². The fourth-order valence-corrected chi connectivity index (χ4v) is 2.56. The molecule has 0 unspecified atom stereocenters. The predicted octanol–water partition coefficient (Wildman–Crippen LogP) is 2.58. The van der Waals surface area contributed by atoms with Crippen molar-refractivity contribution < 1.29 is 23.7 Å². The normalized spacial score (nSPS) is 13.4. The Labute approximate surface area is 149 Å². The van der Waals surface area contributed by atoms with Gasteiger partial charge in [0.1, 0.15) is 0 Å². The van der Waals surface area contributed by atoms with Crippen LogP contribution in [0.1, 0.15) is 31.2 Å². The van der Waals surface area contributed by atoms with Crippen LogP contribution in [0, 0.1) is 5.92 Å². The SMILES string of the molecule is COc1cc(CCC(=O)NCCCOCC2CC2)cc(OC)c1OC. The van der Waals surface area contributed by atoms with Crippen LogP contribution in [0.3, 0.4) is 0 Å². The summed E-state index contributed by atoms with van der Waals surface area (Å²) in [5.41, 5.74) is 0.970. The van der Waals surface area contributed by atoms with Crippen LogP contribution in [-0.2, 0) is 16.0 Å². The molecule has 0 aliphatic heterocycles. The van der Waals surface area contributed by atoms with E-state index in [2.05, 4.69) is 5.32 Å². The number of carbonyl (C=O) groups is 1. The Kier molecular flexibility index (Phi) is 7.85. The van der Waals surface area contributed by atoms with Crippen molar-refractivity contribution in [2.75, 3.05) is 41.1 Å². The van der Waals surface area contributed by atoms with Crippen molar-refractivity contribution in [1.29, 1.82) is 0 Å². The highest BCUT2D eigenvalue weighted by Gasteiger charge is 2.20. The van der Waals surface area contributed by atoms with E-state index in [1.807, 2.05) is 12.1 Å². The van der Waals surface area contributed by atoms with Crippen LogP contribution in [0.4, 0.5) is 0 Å². The molecule has 2 rings (SSSR count). The molecular weight excluding hydrogens is 322 g/mol. The molecule has 1 aromatic rings. The zero-order chi connectivity index (χ0) is 18.1. The minimum atomic E-state index is 0.0379. The van der Waals surface area contributed by atoms with Crippen LogP contribution in [0.15, 0.2) is 12.1 Å². The number of aryl methyl sites for hydroxylation is 1. The van der Waals surface area contributed by atoms with E-state index in [0.29, 0.717) is 43.2 Å². The first-order valence-electron chi connectivity index (χ1n) is 8.81. The van der Waals surface area contributed by atoms with Gasteiger partial charge in [0.25, 0.3) is 0 Å². The van der Waals surface area contributed by atoms with E-state index in [9.17, 15) is 4.79 Å². The molecule has 6 nitrogen and oxygen atoms in total. The zero-order valence-electron chi connectivity index (χ0n) is 15.4. The van der Waals surface area contributed by atoms with Crippen LogP contribution in [-0.4, -0.2) is 47.0 Å².